The largest absolute Gasteiger partial charge is 0.191 e. The number of hydrogen-bond acceptors (Lipinski definition) is 0. The van der Waals surface area contributed by atoms with E-state index in [1.807, 2.05) is 0 Å². The van der Waals surface area contributed by atoms with Crippen LogP contribution in [0.25, 0.3) is 0 Å². The van der Waals surface area contributed by atoms with Crippen LogP contribution in [0.3, 0.4) is 0 Å². The summed E-state index contributed by atoms with van der Waals surface area (Å²) < 4.78 is 0. The van der Waals surface area contributed by atoms with Gasteiger partial charge in [-0.3, -0.25) is 0 Å². The Morgan fingerprint density at radius 3 is 1.20 bits per heavy atom. The minimum atomic E-state index is 0. The summed E-state index contributed by atoms with van der Waals surface area (Å²) in [5, 5.41) is 0. The summed E-state index contributed by atoms with van der Waals surface area (Å²) in [6.07, 6.45) is 0. The first-order valence-corrected chi connectivity index (χ1v) is 3.46. The molecule has 0 aliphatic rings. The molecule has 0 fully saturated rings. The Bertz CT molecular complexity index is 7.61. The van der Waals surface area contributed by atoms with Crippen molar-refractivity contribution in [2.75, 3.05) is 0 Å². The number of halogens is 1. The van der Waals surface area contributed by atoms with Gasteiger partial charge in [0.2, 0.25) is 0 Å². The quantitative estimate of drug-likeness (QED) is 0.399. The van der Waals surface area contributed by atoms with E-state index in [1.54, 1.807) is 0 Å². The van der Waals surface area contributed by atoms with Gasteiger partial charge in [-0.2, -0.15) is 0 Å². The van der Waals surface area contributed by atoms with Crippen molar-refractivity contribution in [1.29, 1.82) is 0 Å². The molecule has 0 aromatic carbocycles. The van der Waals surface area contributed by atoms with E-state index in [1.165, 1.54) is 0 Å². The van der Waals surface area contributed by atoms with E-state index in [0.29, 0.717) is 0 Å². The molecule has 0 heterocycles. The molecule has 0 amide bonds. The zero-order valence-corrected chi connectivity index (χ0v) is 4.96. The van der Waals surface area contributed by atoms with E-state index < -0.39 is 0 Å². The molecule has 0 aliphatic carbocycles. The standard InChI is InChI=1S/2CH3.2Al.ClH.3H/h2*1H3;;;1H;;;. The highest BCUT2D eigenvalue weighted by molar-refractivity contribution is 6.31. The van der Waals surface area contributed by atoms with Crippen LogP contribution in [0, 0.1) is 0 Å². The summed E-state index contributed by atoms with van der Waals surface area (Å²) in [7, 11) is 0. The van der Waals surface area contributed by atoms with E-state index in [0.717, 1.165) is 15.2 Å². The highest BCUT2D eigenvalue weighted by atomic mass is 35.5. The highest BCUT2D eigenvalue weighted by Gasteiger charge is 1.46. The molecule has 5 heavy (non-hydrogen) atoms. The molecule has 0 aromatic rings. The second-order valence-corrected chi connectivity index (χ2v) is 1.73. The first-order chi connectivity index (χ1) is 1.41. The summed E-state index contributed by atoms with van der Waals surface area (Å²) in [4.78, 5) is 0. The maximum Gasteiger partial charge on any atom is 0.191 e. The molecular weight excluding hydrogens is 113 g/mol. The predicted octanol–water partition coefficient (Wildman–Crippen LogP) is 0.0247. The number of rotatable bonds is 0. The Labute approximate surface area is 56.6 Å². The van der Waals surface area contributed by atoms with Gasteiger partial charge in [-0.25, -0.2) is 0 Å². The second kappa shape index (κ2) is 18.3. The van der Waals surface area contributed by atoms with Crippen LogP contribution in [0.15, 0.2) is 0 Å². The van der Waals surface area contributed by atoms with Crippen LogP contribution < -0.4 is 0 Å². The van der Waals surface area contributed by atoms with E-state index in [9.17, 15) is 0 Å². The van der Waals surface area contributed by atoms with Gasteiger partial charge in [0.15, 0.2) is 32.6 Å². The van der Waals surface area contributed by atoms with Crippen molar-refractivity contribution in [1.82, 2.24) is 0 Å². The van der Waals surface area contributed by atoms with Crippen molar-refractivity contribution in [3.8, 4) is 0 Å². The smallest absolute Gasteiger partial charge is 0.147 e. The van der Waals surface area contributed by atoms with Crippen molar-refractivity contribution in [3.05, 3.63) is 0 Å². The molecule has 0 aromatic heterocycles. The van der Waals surface area contributed by atoms with Gasteiger partial charge < -0.3 is 0 Å². The molecule has 0 aliphatic heterocycles. The molecule has 31 valence electrons. The fourth-order valence-electron chi connectivity index (χ4n) is 0. The maximum absolute atomic E-state index is 2.21. The Hall–Kier alpha value is 1.35. The van der Waals surface area contributed by atoms with Gasteiger partial charge in [-0.15, -0.1) is 24.0 Å². The lowest BCUT2D eigenvalue weighted by molar-refractivity contribution is 2.14. The topological polar surface area (TPSA) is 0 Å². The zero-order chi connectivity index (χ0) is 2.71. The lowest BCUT2D eigenvalue weighted by Crippen LogP contribution is -1.53. The minimum absolute atomic E-state index is 0. The zero-order valence-electron chi connectivity index (χ0n) is 2.99. The molecule has 0 rings (SSSR count). The second-order valence-electron chi connectivity index (χ2n) is 0.577. The van der Waals surface area contributed by atoms with Crippen molar-refractivity contribution in [2.45, 2.75) is 11.6 Å². The molecule has 0 unspecified atom stereocenters. The monoisotopic (exact) mass is 123 g/mol. The van der Waals surface area contributed by atoms with Gasteiger partial charge in [-0.1, -0.05) is 0 Å². The van der Waals surface area contributed by atoms with E-state index in [4.69, 9.17) is 0 Å². The van der Waals surface area contributed by atoms with Gasteiger partial charge in [0.1, 0.15) is 0 Å². The fraction of sp³-hybridized carbons (Fsp3) is 1.00. The van der Waals surface area contributed by atoms with Crippen molar-refractivity contribution in [3.63, 3.8) is 0 Å². The molecule has 0 spiro atoms. The Morgan fingerprint density at radius 2 is 1.20 bits per heavy atom. The van der Waals surface area contributed by atoms with Crippen LogP contribution in [0.1, 0.15) is 0 Å². The van der Waals surface area contributed by atoms with Gasteiger partial charge in [0.05, 0.1) is 0 Å². The van der Waals surface area contributed by atoms with Crippen molar-refractivity contribution >= 4 is 45.0 Å². The molecule has 0 atom stereocenters. The molecular formula is C2H10Al2Cl. The molecule has 1 radical (unpaired) electrons. The average Bonchev–Trinajstić information content (AvgIpc) is 0.918. The third-order valence-electron chi connectivity index (χ3n) is 0. The molecule has 0 nitrogen and oxygen atoms in total. The molecule has 0 N–H and O–H groups in total. The van der Waals surface area contributed by atoms with Gasteiger partial charge in [0, 0.05) is 0 Å². The Kier molecular flexibility index (Phi) is 59.3. The van der Waals surface area contributed by atoms with E-state index in [2.05, 4.69) is 11.6 Å². The molecule has 0 saturated carbocycles. The van der Waals surface area contributed by atoms with Crippen LogP contribution in [-0.4, -0.2) is 32.6 Å². The van der Waals surface area contributed by atoms with Gasteiger partial charge in [-0.05, 0) is 0 Å². The SMILES string of the molecule is Cl.[AlH3].[CH3][Al][CH3]. The highest BCUT2D eigenvalue weighted by Crippen LogP contribution is 1.36. The maximum atomic E-state index is 2.21. The van der Waals surface area contributed by atoms with Gasteiger partial charge >= 0.3 is 0 Å². The van der Waals surface area contributed by atoms with E-state index >= 15 is 0 Å². The van der Waals surface area contributed by atoms with Crippen molar-refractivity contribution in [2.24, 2.45) is 0 Å². The third-order valence-corrected chi connectivity index (χ3v) is 0. The van der Waals surface area contributed by atoms with Crippen LogP contribution in [-0.2, 0) is 0 Å². The summed E-state index contributed by atoms with van der Waals surface area (Å²) in [6.45, 7) is 0. The molecule has 0 bridgehead atoms. The fourth-order valence-corrected chi connectivity index (χ4v) is 0. The van der Waals surface area contributed by atoms with Gasteiger partial charge in [0.25, 0.3) is 0 Å². The summed E-state index contributed by atoms with van der Waals surface area (Å²) in [5.41, 5.74) is 0. The van der Waals surface area contributed by atoms with Crippen LogP contribution in [0.2, 0.25) is 11.6 Å². The minimum Gasteiger partial charge on any atom is -0.147 e. The Balaban J connectivity index is -0.0000000200. The summed E-state index contributed by atoms with van der Waals surface area (Å²) in [6, 6.07) is 0. The number of hydrogen-bond donors (Lipinski definition) is 0. The normalized spacial score (nSPS) is 2.80. The Morgan fingerprint density at radius 1 is 1.20 bits per heavy atom. The summed E-state index contributed by atoms with van der Waals surface area (Å²) >= 11 is 0.750. The first-order valence-electron chi connectivity index (χ1n) is 1.15. The van der Waals surface area contributed by atoms with Crippen LogP contribution in [0.5, 0.6) is 0 Å². The molecule has 0 saturated heterocycles. The first kappa shape index (κ1) is 16.2. The molecule has 3 heteroatoms. The van der Waals surface area contributed by atoms with Crippen molar-refractivity contribution < 1.29 is 0 Å². The third kappa shape index (κ3) is 32.8. The average molecular weight is 124 g/mol. The lowest BCUT2D eigenvalue weighted by atomic mass is 11.9. The van der Waals surface area contributed by atoms with E-state index in [-0.39, 0.29) is 29.8 Å². The predicted molar refractivity (Wildman–Crippen MR) is 34.7 cm³/mol. The summed E-state index contributed by atoms with van der Waals surface area (Å²) in [5.74, 6) is 4.42. The van der Waals surface area contributed by atoms with Crippen LogP contribution >= 0.6 is 12.4 Å². The lowest BCUT2D eigenvalue weighted by Gasteiger charge is -1.38. The van der Waals surface area contributed by atoms with Crippen LogP contribution in [0.4, 0.5) is 0 Å².